The molecule has 1 amide bonds. The van der Waals surface area contributed by atoms with E-state index in [0.717, 1.165) is 25.9 Å². The van der Waals surface area contributed by atoms with Crippen LogP contribution in [0.25, 0.3) is 0 Å². The number of hydrogen-bond acceptors (Lipinski definition) is 3. The number of nitrogens with one attached hydrogen (secondary N) is 1. The first kappa shape index (κ1) is 12.2. The second-order valence-electron chi connectivity index (χ2n) is 4.37. The van der Waals surface area contributed by atoms with Crippen molar-refractivity contribution in [3.05, 3.63) is 0 Å². The summed E-state index contributed by atoms with van der Waals surface area (Å²) in [5.74, 6) is 0.0800. The second-order valence-corrected chi connectivity index (χ2v) is 4.37. The SMILES string of the molecule is CC(=O)CCC(=O)NC1CCCN(C)C1. The van der Waals surface area contributed by atoms with E-state index in [4.69, 9.17) is 0 Å². The van der Waals surface area contributed by atoms with Crippen LogP contribution in [0.1, 0.15) is 32.6 Å². The molecule has 0 aromatic carbocycles. The van der Waals surface area contributed by atoms with Gasteiger partial charge in [0.1, 0.15) is 5.78 Å². The number of ketones is 1. The molecule has 1 rings (SSSR count). The maximum atomic E-state index is 11.4. The first-order valence-electron chi connectivity index (χ1n) is 5.55. The van der Waals surface area contributed by atoms with E-state index in [1.54, 1.807) is 0 Å². The zero-order chi connectivity index (χ0) is 11.3. The molecule has 0 aliphatic carbocycles. The highest BCUT2D eigenvalue weighted by molar-refractivity contribution is 5.83. The summed E-state index contributed by atoms with van der Waals surface area (Å²) in [6.45, 7) is 3.55. The van der Waals surface area contributed by atoms with Crippen LogP contribution >= 0.6 is 0 Å². The number of piperidine rings is 1. The van der Waals surface area contributed by atoms with Crippen molar-refractivity contribution in [1.82, 2.24) is 10.2 Å². The zero-order valence-corrected chi connectivity index (χ0v) is 9.58. The summed E-state index contributed by atoms with van der Waals surface area (Å²) in [5, 5.41) is 2.97. The number of likely N-dealkylation sites (tertiary alicyclic amines) is 1. The van der Waals surface area contributed by atoms with Crippen LogP contribution in [0, 0.1) is 0 Å². The number of carbonyl (C=O) groups is 2. The third-order valence-corrected chi connectivity index (χ3v) is 2.69. The van der Waals surface area contributed by atoms with Crippen molar-refractivity contribution in [3.63, 3.8) is 0 Å². The summed E-state index contributed by atoms with van der Waals surface area (Å²) >= 11 is 0. The summed E-state index contributed by atoms with van der Waals surface area (Å²) in [6.07, 6.45) is 2.87. The van der Waals surface area contributed by atoms with Gasteiger partial charge in [0.2, 0.25) is 5.91 Å². The smallest absolute Gasteiger partial charge is 0.220 e. The highest BCUT2D eigenvalue weighted by atomic mass is 16.2. The summed E-state index contributed by atoms with van der Waals surface area (Å²) in [6, 6.07) is 0.267. The molecule has 0 radical (unpaired) electrons. The number of nitrogens with zero attached hydrogens (tertiary/aromatic N) is 1. The van der Waals surface area contributed by atoms with Gasteiger partial charge in [-0.15, -0.1) is 0 Å². The van der Waals surface area contributed by atoms with E-state index >= 15 is 0 Å². The number of Topliss-reactive ketones (excluding diaryl/α,β-unsaturated/α-hetero) is 1. The average molecular weight is 212 g/mol. The van der Waals surface area contributed by atoms with Gasteiger partial charge in [-0.1, -0.05) is 0 Å². The lowest BCUT2D eigenvalue weighted by Gasteiger charge is -2.30. The Morgan fingerprint density at radius 3 is 2.73 bits per heavy atom. The maximum absolute atomic E-state index is 11.4. The van der Waals surface area contributed by atoms with E-state index in [-0.39, 0.29) is 17.7 Å². The summed E-state index contributed by atoms with van der Waals surface area (Å²) in [4.78, 5) is 24.4. The Morgan fingerprint density at radius 1 is 1.40 bits per heavy atom. The van der Waals surface area contributed by atoms with Gasteiger partial charge in [-0.25, -0.2) is 0 Å². The van der Waals surface area contributed by atoms with Crippen LogP contribution in [0.5, 0.6) is 0 Å². The van der Waals surface area contributed by atoms with Crippen LogP contribution in [0.3, 0.4) is 0 Å². The molecule has 1 aliphatic heterocycles. The van der Waals surface area contributed by atoms with Crippen molar-refractivity contribution in [2.45, 2.75) is 38.6 Å². The highest BCUT2D eigenvalue weighted by Gasteiger charge is 2.18. The third-order valence-electron chi connectivity index (χ3n) is 2.69. The molecule has 1 atom stereocenters. The van der Waals surface area contributed by atoms with Crippen molar-refractivity contribution in [2.75, 3.05) is 20.1 Å². The first-order valence-corrected chi connectivity index (χ1v) is 5.55. The van der Waals surface area contributed by atoms with Gasteiger partial charge in [-0.3, -0.25) is 4.79 Å². The quantitative estimate of drug-likeness (QED) is 0.741. The Bertz CT molecular complexity index is 241. The topological polar surface area (TPSA) is 49.4 Å². The summed E-state index contributed by atoms with van der Waals surface area (Å²) in [5.41, 5.74) is 0. The minimum Gasteiger partial charge on any atom is -0.352 e. The molecule has 0 bridgehead atoms. The largest absolute Gasteiger partial charge is 0.352 e. The molecule has 0 aromatic heterocycles. The molecule has 86 valence electrons. The van der Waals surface area contributed by atoms with Crippen LogP contribution in [-0.4, -0.2) is 42.8 Å². The monoisotopic (exact) mass is 212 g/mol. The average Bonchev–Trinajstić information content (AvgIpc) is 2.15. The Balaban J connectivity index is 2.22. The molecule has 15 heavy (non-hydrogen) atoms. The Kier molecular flexibility index (Phi) is 4.75. The number of carbonyl (C=O) groups excluding carboxylic acids is 2. The molecule has 1 unspecified atom stereocenters. The van der Waals surface area contributed by atoms with Crippen molar-refractivity contribution in [3.8, 4) is 0 Å². The highest BCUT2D eigenvalue weighted by Crippen LogP contribution is 2.08. The van der Waals surface area contributed by atoms with Crippen LogP contribution in [-0.2, 0) is 9.59 Å². The molecule has 0 spiro atoms. The lowest BCUT2D eigenvalue weighted by molar-refractivity contribution is -0.125. The van der Waals surface area contributed by atoms with Crippen LogP contribution in [0.4, 0.5) is 0 Å². The van der Waals surface area contributed by atoms with Crippen molar-refractivity contribution in [2.24, 2.45) is 0 Å². The maximum Gasteiger partial charge on any atom is 0.220 e. The zero-order valence-electron chi connectivity index (χ0n) is 9.58. The van der Waals surface area contributed by atoms with Gasteiger partial charge in [-0.2, -0.15) is 0 Å². The molecule has 1 N–H and O–H groups in total. The molecule has 1 heterocycles. The van der Waals surface area contributed by atoms with E-state index in [9.17, 15) is 9.59 Å². The van der Waals surface area contributed by atoms with E-state index in [1.807, 2.05) is 0 Å². The van der Waals surface area contributed by atoms with Gasteiger partial charge in [0.15, 0.2) is 0 Å². The molecule has 4 heteroatoms. The third kappa shape index (κ3) is 4.93. The van der Waals surface area contributed by atoms with E-state index in [2.05, 4.69) is 17.3 Å². The Hall–Kier alpha value is -0.900. The van der Waals surface area contributed by atoms with E-state index < -0.39 is 0 Å². The summed E-state index contributed by atoms with van der Waals surface area (Å²) in [7, 11) is 2.06. The summed E-state index contributed by atoms with van der Waals surface area (Å²) < 4.78 is 0. The van der Waals surface area contributed by atoms with Gasteiger partial charge in [0, 0.05) is 25.4 Å². The lowest BCUT2D eigenvalue weighted by atomic mass is 10.1. The molecular formula is C11H20N2O2. The molecule has 1 fully saturated rings. The predicted molar refractivity (Wildman–Crippen MR) is 58.6 cm³/mol. The predicted octanol–water partition coefficient (Wildman–Crippen LogP) is 0.566. The number of hydrogen-bond donors (Lipinski definition) is 1. The van der Waals surface area contributed by atoms with Gasteiger partial charge in [-0.05, 0) is 33.4 Å². The van der Waals surface area contributed by atoms with Crippen molar-refractivity contribution >= 4 is 11.7 Å². The van der Waals surface area contributed by atoms with Crippen LogP contribution in [0.2, 0.25) is 0 Å². The molecule has 0 saturated carbocycles. The van der Waals surface area contributed by atoms with Gasteiger partial charge in [0.05, 0.1) is 0 Å². The molecule has 1 aliphatic rings. The number of rotatable bonds is 4. The fourth-order valence-corrected chi connectivity index (χ4v) is 1.87. The van der Waals surface area contributed by atoms with Gasteiger partial charge >= 0.3 is 0 Å². The van der Waals surface area contributed by atoms with Gasteiger partial charge in [0.25, 0.3) is 0 Å². The fraction of sp³-hybridized carbons (Fsp3) is 0.818. The van der Waals surface area contributed by atoms with Crippen LogP contribution < -0.4 is 5.32 Å². The fourth-order valence-electron chi connectivity index (χ4n) is 1.87. The minimum atomic E-state index is 0.00509. The first-order chi connectivity index (χ1) is 7.08. The van der Waals surface area contributed by atoms with Crippen LogP contribution in [0.15, 0.2) is 0 Å². The second kappa shape index (κ2) is 5.85. The molecule has 4 nitrogen and oxygen atoms in total. The standard InChI is InChI=1S/C11H20N2O2/c1-9(14)5-6-11(15)12-10-4-3-7-13(2)8-10/h10H,3-8H2,1-2H3,(H,12,15). The number of likely N-dealkylation sites (N-methyl/N-ethyl adjacent to an activating group) is 1. The van der Waals surface area contributed by atoms with Crippen molar-refractivity contribution in [1.29, 1.82) is 0 Å². The molecule has 1 saturated heterocycles. The van der Waals surface area contributed by atoms with E-state index in [1.165, 1.54) is 6.92 Å². The number of amides is 1. The van der Waals surface area contributed by atoms with E-state index in [0.29, 0.717) is 12.8 Å². The Morgan fingerprint density at radius 2 is 2.13 bits per heavy atom. The minimum absolute atomic E-state index is 0.00509. The molecular weight excluding hydrogens is 192 g/mol. The molecule has 0 aromatic rings. The lowest BCUT2D eigenvalue weighted by Crippen LogP contribution is -2.46. The normalized spacial score (nSPS) is 22.4. The Labute approximate surface area is 91.0 Å². The van der Waals surface area contributed by atoms with Crippen molar-refractivity contribution < 1.29 is 9.59 Å². The van der Waals surface area contributed by atoms with Gasteiger partial charge < -0.3 is 15.0 Å².